The van der Waals surface area contributed by atoms with E-state index in [1.165, 1.54) is 30.9 Å². The van der Waals surface area contributed by atoms with Crippen molar-refractivity contribution in [1.82, 2.24) is 14.9 Å². The number of piperidine rings is 1. The predicted octanol–water partition coefficient (Wildman–Crippen LogP) is 1.70. The minimum atomic E-state index is -1.07. The maximum Gasteiger partial charge on any atom is 0.404 e. The molecule has 0 unspecified atom stereocenters. The van der Waals surface area contributed by atoms with Crippen molar-refractivity contribution in [1.29, 1.82) is 5.26 Å². The van der Waals surface area contributed by atoms with E-state index in [0.29, 0.717) is 31.9 Å². The lowest BCUT2D eigenvalue weighted by atomic mass is 10.0. The maximum atomic E-state index is 14.1. The Balaban J connectivity index is 1.97. The molecular formula is C19H20FN5O4. The number of nitriles is 1. The molecule has 0 radical (unpaired) electrons. The van der Waals surface area contributed by atoms with Crippen LogP contribution in [0.1, 0.15) is 18.5 Å². The molecule has 2 N–H and O–H groups in total. The van der Waals surface area contributed by atoms with Gasteiger partial charge in [0.05, 0.1) is 12.7 Å². The molecule has 1 aromatic carbocycles. The standard InChI is InChI=1S/C19H20FN5O4/c1-24-17(26)16(11-3-4-15(29-2)13(20)9-11)14(10-21)23-18(24)25-7-5-12(6-8-25)22-19(27)28/h3-4,9,12,22H,5-8H2,1-2H3,(H,27,28). The molecule has 9 nitrogen and oxygen atoms in total. The number of nitrogens with zero attached hydrogens (tertiary/aromatic N) is 4. The molecule has 1 saturated heterocycles. The first-order chi connectivity index (χ1) is 13.8. The number of nitrogens with one attached hydrogen (secondary N) is 1. The van der Waals surface area contributed by atoms with E-state index in [1.807, 2.05) is 11.0 Å². The maximum absolute atomic E-state index is 14.1. The van der Waals surface area contributed by atoms with Crippen LogP contribution in [0.15, 0.2) is 23.0 Å². The monoisotopic (exact) mass is 401 g/mol. The minimum absolute atomic E-state index is 0.0164. The van der Waals surface area contributed by atoms with Gasteiger partial charge in [-0.2, -0.15) is 5.26 Å². The van der Waals surface area contributed by atoms with Crippen molar-refractivity contribution < 1.29 is 19.0 Å². The number of carboxylic acid groups (broad SMARTS) is 1. The Morgan fingerprint density at radius 2 is 2.10 bits per heavy atom. The third-order valence-electron chi connectivity index (χ3n) is 4.92. The van der Waals surface area contributed by atoms with Gasteiger partial charge in [-0.3, -0.25) is 9.36 Å². The molecule has 0 saturated carbocycles. The summed E-state index contributed by atoms with van der Waals surface area (Å²) in [6, 6.07) is 5.79. The Labute approximate surface area is 166 Å². The predicted molar refractivity (Wildman–Crippen MR) is 103 cm³/mol. The highest BCUT2D eigenvalue weighted by Crippen LogP contribution is 2.26. The van der Waals surface area contributed by atoms with Gasteiger partial charge in [0.25, 0.3) is 5.56 Å². The fraction of sp³-hybridized carbons (Fsp3) is 0.368. The van der Waals surface area contributed by atoms with E-state index in [1.54, 1.807) is 0 Å². The Hall–Kier alpha value is -3.61. The number of hydrogen-bond donors (Lipinski definition) is 2. The van der Waals surface area contributed by atoms with Crippen molar-refractivity contribution in [2.45, 2.75) is 18.9 Å². The third kappa shape index (κ3) is 3.99. The molecule has 152 valence electrons. The second kappa shape index (κ2) is 8.18. The lowest BCUT2D eigenvalue weighted by Crippen LogP contribution is -2.46. The largest absolute Gasteiger partial charge is 0.494 e. The van der Waals surface area contributed by atoms with Crippen LogP contribution in [0.25, 0.3) is 11.1 Å². The van der Waals surface area contributed by atoms with Crippen molar-refractivity contribution in [3.8, 4) is 22.9 Å². The summed E-state index contributed by atoms with van der Waals surface area (Å²) in [5.74, 6) is -0.294. The van der Waals surface area contributed by atoms with E-state index < -0.39 is 17.5 Å². The van der Waals surface area contributed by atoms with Crippen LogP contribution in [0.5, 0.6) is 5.75 Å². The number of benzene rings is 1. The minimum Gasteiger partial charge on any atom is -0.494 e. The quantitative estimate of drug-likeness (QED) is 0.800. The van der Waals surface area contributed by atoms with Gasteiger partial charge in [-0.25, -0.2) is 14.2 Å². The number of amides is 1. The number of aromatic nitrogens is 2. The van der Waals surface area contributed by atoms with Crippen molar-refractivity contribution in [3.63, 3.8) is 0 Å². The van der Waals surface area contributed by atoms with E-state index in [0.717, 1.165) is 6.07 Å². The molecule has 2 aromatic rings. The number of carbonyl (C=O) groups is 1. The van der Waals surface area contributed by atoms with Crippen molar-refractivity contribution >= 4 is 12.0 Å². The smallest absolute Gasteiger partial charge is 0.404 e. The number of hydrogen-bond acceptors (Lipinski definition) is 6. The first-order valence-corrected chi connectivity index (χ1v) is 8.95. The Morgan fingerprint density at radius 1 is 1.41 bits per heavy atom. The van der Waals surface area contributed by atoms with E-state index in [2.05, 4.69) is 10.3 Å². The summed E-state index contributed by atoms with van der Waals surface area (Å²) in [4.78, 5) is 30.0. The molecule has 0 aliphatic carbocycles. The normalized spacial score (nSPS) is 14.3. The van der Waals surface area contributed by atoms with E-state index >= 15 is 0 Å². The average molecular weight is 401 g/mol. The van der Waals surface area contributed by atoms with Crippen LogP contribution in [0.4, 0.5) is 15.1 Å². The summed E-state index contributed by atoms with van der Waals surface area (Å²) in [6.07, 6.45) is 0.0298. The molecule has 1 fully saturated rings. The highest BCUT2D eigenvalue weighted by Gasteiger charge is 2.25. The summed E-state index contributed by atoms with van der Waals surface area (Å²) in [5.41, 5.74) is -0.313. The second-order valence-corrected chi connectivity index (χ2v) is 6.67. The van der Waals surface area contributed by atoms with Crippen molar-refractivity contribution in [3.05, 3.63) is 40.1 Å². The van der Waals surface area contributed by atoms with Gasteiger partial charge >= 0.3 is 6.09 Å². The number of rotatable bonds is 4. The number of halogens is 1. The molecule has 0 spiro atoms. The lowest BCUT2D eigenvalue weighted by molar-refractivity contribution is 0.187. The van der Waals surface area contributed by atoms with Gasteiger partial charge in [0.1, 0.15) is 6.07 Å². The number of ether oxygens (including phenoxy) is 1. The Kier molecular flexibility index (Phi) is 5.68. The van der Waals surface area contributed by atoms with Gasteiger partial charge in [0.15, 0.2) is 17.3 Å². The van der Waals surface area contributed by atoms with Crippen LogP contribution in [-0.4, -0.2) is 47.0 Å². The summed E-state index contributed by atoms with van der Waals surface area (Å²) in [5, 5.41) is 20.8. The Bertz CT molecular complexity index is 1040. The van der Waals surface area contributed by atoms with Gasteiger partial charge in [0, 0.05) is 26.2 Å². The van der Waals surface area contributed by atoms with Crippen LogP contribution >= 0.6 is 0 Å². The third-order valence-corrected chi connectivity index (χ3v) is 4.92. The summed E-state index contributed by atoms with van der Waals surface area (Å²) >= 11 is 0. The van der Waals surface area contributed by atoms with Crippen LogP contribution in [-0.2, 0) is 7.05 Å². The molecule has 0 bridgehead atoms. The van der Waals surface area contributed by atoms with Gasteiger partial charge in [0.2, 0.25) is 5.95 Å². The van der Waals surface area contributed by atoms with Crippen LogP contribution in [0.2, 0.25) is 0 Å². The molecule has 2 heterocycles. The van der Waals surface area contributed by atoms with Gasteiger partial charge in [-0.1, -0.05) is 6.07 Å². The molecular weight excluding hydrogens is 381 g/mol. The van der Waals surface area contributed by atoms with Crippen molar-refractivity contribution in [2.24, 2.45) is 7.05 Å². The number of methoxy groups -OCH3 is 1. The molecule has 1 aromatic heterocycles. The molecule has 1 aliphatic rings. The first kappa shape index (κ1) is 20.1. The summed E-state index contributed by atoms with van der Waals surface area (Å²) in [6.45, 7) is 0.958. The molecule has 0 atom stereocenters. The van der Waals surface area contributed by atoms with Gasteiger partial charge < -0.3 is 20.1 Å². The zero-order chi connectivity index (χ0) is 21.1. The summed E-state index contributed by atoms with van der Waals surface area (Å²) in [7, 11) is 2.88. The van der Waals surface area contributed by atoms with E-state index in [4.69, 9.17) is 9.84 Å². The topological polar surface area (TPSA) is 120 Å². The van der Waals surface area contributed by atoms with E-state index in [9.17, 15) is 19.2 Å². The van der Waals surface area contributed by atoms with Crippen LogP contribution in [0, 0.1) is 17.1 Å². The van der Waals surface area contributed by atoms with Gasteiger partial charge in [-0.05, 0) is 30.5 Å². The summed E-state index contributed by atoms with van der Waals surface area (Å²) < 4.78 is 20.3. The molecule has 3 rings (SSSR count). The molecule has 10 heteroatoms. The van der Waals surface area contributed by atoms with Gasteiger partial charge in [-0.15, -0.1) is 0 Å². The van der Waals surface area contributed by atoms with E-state index in [-0.39, 0.29) is 28.6 Å². The van der Waals surface area contributed by atoms with Crippen LogP contribution in [0.3, 0.4) is 0 Å². The van der Waals surface area contributed by atoms with Crippen LogP contribution < -0.4 is 20.5 Å². The van der Waals surface area contributed by atoms with Crippen molar-refractivity contribution in [2.75, 3.05) is 25.1 Å². The average Bonchev–Trinajstić information content (AvgIpc) is 2.70. The second-order valence-electron chi connectivity index (χ2n) is 6.67. The fourth-order valence-corrected chi connectivity index (χ4v) is 3.43. The zero-order valence-electron chi connectivity index (χ0n) is 16.0. The molecule has 29 heavy (non-hydrogen) atoms. The first-order valence-electron chi connectivity index (χ1n) is 8.95. The SMILES string of the molecule is COc1ccc(-c2c(C#N)nc(N3CCC(NC(=O)O)CC3)n(C)c2=O)cc1F. The zero-order valence-corrected chi connectivity index (χ0v) is 16.0. The molecule has 1 aliphatic heterocycles. The number of anilines is 1. The lowest BCUT2D eigenvalue weighted by Gasteiger charge is -2.33. The molecule has 1 amide bonds. The highest BCUT2D eigenvalue weighted by molar-refractivity contribution is 5.69. The highest BCUT2D eigenvalue weighted by atomic mass is 19.1. The Morgan fingerprint density at radius 3 is 2.66 bits per heavy atom. The fourth-order valence-electron chi connectivity index (χ4n) is 3.43.